The summed E-state index contributed by atoms with van der Waals surface area (Å²) in [6, 6.07) is 9.20. The third-order valence-corrected chi connectivity index (χ3v) is 2.93. The van der Waals surface area contributed by atoms with Crippen molar-refractivity contribution in [2.75, 3.05) is 11.1 Å². The molecular formula is C15H17N3O2. The number of carboxylic acid groups (broad SMARTS) is 1. The molecule has 2 rings (SSSR count). The summed E-state index contributed by atoms with van der Waals surface area (Å²) in [5.41, 5.74) is 7.98. The minimum Gasteiger partial charge on any atom is -0.478 e. The Kier molecular flexibility index (Phi) is 4.20. The van der Waals surface area contributed by atoms with Crippen molar-refractivity contribution in [2.45, 2.75) is 19.8 Å². The molecule has 104 valence electrons. The first kappa shape index (κ1) is 13.9. The van der Waals surface area contributed by atoms with Crippen LogP contribution in [0.25, 0.3) is 0 Å². The Labute approximate surface area is 117 Å². The number of benzene rings is 1. The molecule has 0 aliphatic rings. The molecule has 0 saturated carbocycles. The number of nitrogens with one attached hydrogen (secondary N) is 1. The molecule has 4 N–H and O–H groups in total. The third kappa shape index (κ3) is 3.06. The number of rotatable bonds is 5. The van der Waals surface area contributed by atoms with Crippen LogP contribution in [-0.4, -0.2) is 16.1 Å². The Morgan fingerprint density at radius 1 is 1.40 bits per heavy atom. The molecule has 1 aromatic heterocycles. The average molecular weight is 271 g/mol. The lowest BCUT2D eigenvalue weighted by molar-refractivity contribution is 0.0697. The van der Waals surface area contributed by atoms with Gasteiger partial charge in [0.15, 0.2) is 0 Å². The van der Waals surface area contributed by atoms with E-state index >= 15 is 0 Å². The molecule has 2 aromatic rings. The van der Waals surface area contributed by atoms with E-state index in [1.54, 1.807) is 0 Å². The number of anilines is 3. The Morgan fingerprint density at radius 2 is 2.15 bits per heavy atom. The van der Waals surface area contributed by atoms with Crippen molar-refractivity contribution in [3.8, 4) is 0 Å². The maximum absolute atomic E-state index is 11.2. The summed E-state index contributed by atoms with van der Waals surface area (Å²) in [5, 5.41) is 12.3. The smallest absolute Gasteiger partial charge is 0.339 e. The normalized spacial score (nSPS) is 10.2. The molecular weight excluding hydrogens is 254 g/mol. The van der Waals surface area contributed by atoms with Crippen LogP contribution in [0.15, 0.2) is 36.5 Å². The molecule has 5 heteroatoms. The fourth-order valence-corrected chi connectivity index (χ4v) is 2.00. The van der Waals surface area contributed by atoms with Gasteiger partial charge in [0.1, 0.15) is 11.4 Å². The second-order valence-corrected chi connectivity index (χ2v) is 4.50. The molecule has 5 nitrogen and oxygen atoms in total. The Morgan fingerprint density at radius 3 is 2.85 bits per heavy atom. The standard InChI is InChI=1S/C15H17N3O2/c1-2-5-10-6-3-4-7-13(10)18-14-12(15(19)20)8-11(16)9-17-14/h3-4,6-9H,2,5,16H2,1H3,(H,17,18)(H,19,20). The number of carbonyl (C=O) groups is 1. The minimum absolute atomic E-state index is 0.0660. The predicted octanol–water partition coefficient (Wildman–Crippen LogP) is 3.06. The maximum Gasteiger partial charge on any atom is 0.339 e. The van der Waals surface area contributed by atoms with Crippen molar-refractivity contribution < 1.29 is 9.90 Å². The van der Waals surface area contributed by atoms with E-state index in [9.17, 15) is 9.90 Å². The maximum atomic E-state index is 11.2. The SMILES string of the molecule is CCCc1ccccc1Nc1ncc(N)cc1C(=O)O. The van der Waals surface area contributed by atoms with Gasteiger partial charge >= 0.3 is 5.97 Å². The summed E-state index contributed by atoms with van der Waals surface area (Å²) in [6.07, 6.45) is 3.37. The number of nitrogens with zero attached hydrogens (tertiary/aromatic N) is 1. The highest BCUT2D eigenvalue weighted by molar-refractivity contribution is 5.95. The van der Waals surface area contributed by atoms with E-state index in [1.165, 1.54) is 12.3 Å². The van der Waals surface area contributed by atoms with Crippen molar-refractivity contribution in [3.05, 3.63) is 47.7 Å². The van der Waals surface area contributed by atoms with Gasteiger partial charge in [0.25, 0.3) is 0 Å². The quantitative estimate of drug-likeness (QED) is 0.777. The highest BCUT2D eigenvalue weighted by Crippen LogP contribution is 2.24. The number of nitrogen functional groups attached to an aromatic ring is 1. The highest BCUT2D eigenvalue weighted by Gasteiger charge is 2.13. The zero-order valence-electron chi connectivity index (χ0n) is 11.3. The zero-order valence-corrected chi connectivity index (χ0v) is 11.3. The molecule has 0 atom stereocenters. The Hall–Kier alpha value is -2.56. The van der Waals surface area contributed by atoms with E-state index in [1.807, 2.05) is 24.3 Å². The lowest BCUT2D eigenvalue weighted by Gasteiger charge is -2.12. The van der Waals surface area contributed by atoms with Crippen molar-refractivity contribution in [1.82, 2.24) is 4.98 Å². The van der Waals surface area contributed by atoms with E-state index in [-0.39, 0.29) is 5.56 Å². The molecule has 0 amide bonds. The molecule has 0 aliphatic heterocycles. The number of hydrogen-bond donors (Lipinski definition) is 3. The fraction of sp³-hybridized carbons (Fsp3) is 0.200. The van der Waals surface area contributed by atoms with Crippen molar-refractivity contribution in [2.24, 2.45) is 0 Å². The molecule has 0 bridgehead atoms. The number of carboxylic acids is 1. The van der Waals surface area contributed by atoms with Gasteiger partial charge in [-0.3, -0.25) is 0 Å². The molecule has 1 aromatic carbocycles. The monoisotopic (exact) mass is 271 g/mol. The van der Waals surface area contributed by atoms with Crippen LogP contribution < -0.4 is 11.1 Å². The van der Waals surface area contributed by atoms with Gasteiger partial charge in [-0.15, -0.1) is 0 Å². The number of pyridine rings is 1. The van der Waals surface area contributed by atoms with Crippen LogP contribution in [0.1, 0.15) is 29.3 Å². The van der Waals surface area contributed by atoms with Gasteiger partial charge in [-0.2, -0.15) is 0 Å². The van der Waals surface area contributed by atoms with E-state index in [4.69, 9.17) is 5.73 Å². The van der Waals surface area contributed by atoms with E-state index in [0.717, 1.165) is 24.1 Å². The van der Waals surface area contributed by atoms with Gasteiger partial charge in [0.05, 0.1) is 11.9 Å². The first-order chi connectivity index (χ1) is 9.61. The van der Waals surface area contributed by atoms with Crippen LogP contribution in [0.2, 0.25) is 0 Å². The third-order valence-electron chi connectivity index (χ3n) is 2.93. The van der Waals surface area contributed by atoms with Gasteiger partial charge in [-0.25, -0.2) is 9.78 Å². The molecule has 1 heterocycles. The molecule has 0 radical (unpaired) electrons. The Bertz CT molecular complexity index is 626. The predicted molar refractivity (Wildman–Crippen MR) is 79.3 cm³/mol. The first-order valence-electron chi connectivity index (χ1n) is 6.45. The summed E-state index contributed by atoms with van der Waals surface area (Å²) >= 11 is 0. The zero-order chi connectivity index (χ0) is 14.5. The summed E-state index contributed by atoms with van der Waals surface area (Å²) in [5.74, 6) is -0.754. The summed E-state index contributed by atoms with van der Waals surface area (Å²) in [4.78, 5) is 15.3. The topological polar surface area (TPSA) is 88.2 Å². The second kappa shape index (κ2) is 6.06. The van der Waals surface area contributed by atoms with Gasteiger partial charge in [0.2, 0.25) is 0 Å². The molecule has 0 saturated heterocycles. The van der Waals surface area contributed by atoms with Crippen LogP contribution in [0.4, 0.5) is 17.2 Å². The van der Waals surface area contributed by atoms with E-state index in [0.29, 0.717) is 11.5 Å². The lowest BCUT2D eigenvalue weighted by atomic mass is 10.1. The van der Waals surface area contributed by atoms with Crippen LogP contribution in [0.3, 0.4) is 0 Å². The highest BCUT2D eigenvalue weighted by atomic mass is 16.4. The minimum atomic E-state index is -1.06. The Balaban J connectivity index is 2.37. The van der Waals surface area contributed by atoms with Gasteiger partial charge < -0.3 is 16.2 Å². The lowest BCUT2D eigenvalue weighted by Crippen LogP contribution is -2.07. The number of aromatic nitrogens is 1. The molecule has 0 fully saturated rings. The summed E-state index contributed by atoms with van der Waals surface area (Å²) < 4.78 is 0. The van der Waals surface area contributed by atoms with E-state index in [2.05, 4.69) is 17.2 Å². The van der Waals surface area contributed by atoms with Gasteiger partial charge in [-0.05, 0) is 24.1 Å². The van der Waals surface area contributed by atoms with Crippen LogP contribution >= 0.6 is 0 Å². The largest absolute Gasteiger partial charge is 0.478 e. The van der Waals surface area contributed by atoms with Crippen LogP contribution in [-0.2, 0) is 6.42 Å². The van der Waals surface area contributed by atoms with Crippen LogP contribution in [0, 0.1) is 0 Å². The average Bonchev–Trinajstić information content (AvgIpc) is 2.43. The number of hydrogen-bond acceptors (Lipinski definition) is 4. The molecule has 0 unspecified atom stereocenters. The molecule has 0 aliphatic carbocycles. The van der Waals surface area contributed by atoms with Gasteiger partial charge in [0, 0.05) is 5.69 Å². The first-order valence-corrected chi connectivity index (χ1v) is 6.45. The summed E-state index contributed by atoms with van der Waals surface area (Å²) in [7, 11) is 0. The number of aromatic carboxylic acids is 1. The molecule has 20 heavy (non-hydrogen) atoms. The van der Waals surface area contributed by atoms with Crippen molar-refractivity contribution >= 4 is 23.2 Å². The van der Waals surface area contributed by atoms with Crippen molar-refractivity contribution in [3.63, 3.8) is 0 Å². The fourth-order valence-electron chi connectivity index (χ4n) is 2.00. The number of aryl methyl sites for hydroxylation is 1. The van der Waals surface area contributed by atoms with Crippen molar-refractivity contribution in [1.29, 1.82) is 0 Å². The number of nitrogens with two attached hydrogens (primary N) is 1. The molecule has 0 spiro atoms. The van der Waals surface area contributed by atoms with E-state index < -0.39 is 5.97 Å². The second-order valence-electron chi connectivity index (χ2n) is 4.50. The van der Waals surface area contributed by atoms with Crippen LogP contribution in [0.5, 0.6) is 0 Å². The van der Waals surface area contributed by atoms with Gasteiger partial charge in [-0.1, -0.05) is 31.5 Å². The summed E-state index contributed by atoms with van der Waals surface area (Å²) in [6.45, 7) is 2.10. The number of para-hydroxylation sites is 1.